The third-order valence-corrected chi connectivity index (χ3v) is 2.33. The van der Waals surface area contributed by atoms with Crippen LogP contribution in [0.3, 0.4) is 0 Å². The summed E-state index contributed by atoms with van der Waals surface area (Å²) >= 11 is 0. The van der Waals surface area contributed by atoms with Gasteiger partial charge in [0, 0.05) is 11.3 Å². The van der Waals surface area contributed by atoms with Crippen molar-refractivity contribution in [2.45, 2.75) is 13.0 Å². The molecule has 3 amide bonds. The van der Waals surface area contributed by atoms with Gasteiger partial charge in [0.2, 0.25) is 5.91 Å². The number of hydrogen-bond acceptors (Lipinski definition) is 4. The molecule has 0 fully saturated rings. The molecule has 1 rings (SSSR count). The molecule has 0 saturated heterocycles. The van der Waals surface area contributed by atoms with E-state index in [1.165, 1.54) is 38.3 Å². The molecule has 0 spiro atoms. The summed E-state index contributed by atoms with van der Waals surface area (Å²) in [5, 5.41) is 4.91. The summed E-state index contributed by atoms with van der Waals surface area (Å²) in [6.07, 6.45) is 0. The van der Waals surface area contributed by atoms with E-state index < -0.39 is 23.9 Å². The van der Waals surface area contributed by atoms with E-state index in [4.69, 9.17) is 5.73 Å². The maximum atomic E-state index is 11.5. The monoisotopic (exact) mass is 265 g/mol. The van der Waals surface area contributed by atoms with Gasteiger partial charge in [0.05, 0.1) is 7.11 Å². The van der Waals surface area contributed by atoms with Gasteiger partial charge in [-0.3, -0.25) is 4.79 Å². The highest BCUT2D eigenvalue weighted by atomic mass is 16.5. The van der Waals surface area contributed by atoms with Gasteiger partial charge in [-0.25, -0.2) is 9.59 Å². The third-order valence-electron chi connectivity index (χ3n) is 2.33. The molecule has 0 aliphatic heterocycles. The Morgan fingerprint density at radius 3 is 2.26 bits per heavy atom. The standard InChI is InChI=1S/C12H15N3O4/c1-7(11(17)19-2)14-12(18)15-9-5-3-8(4-6-9)10(13)16/h3-7H,1-2H3,(H2,13,16)(H2,14,15,18). The zero-order valence-electron chi connectivity index (χ0n) is 10.6. The first kappa shape index (κ1) is 14.5. The summed E-state index contributed by atoms with van der Waals surface area (Å²) in [5.74, 6) is -1.09. The number of urea groups is 1. The van der Waals surface area contributed by atoms with Crippen molar-refractivity contribution in [3.05, 3.63) is 29.8 Å². The van der Waals surface area contributed by atoms with Gasteiger partial charge in [0.1, 0.15) is 6.04 Å². The van der Waals surface area contributed by atoms with Gasteiger partial charge in [0.15, 0.2) is 0 Å². The van der Waals surface area contributed by atoms with E-state index in [9.17, 15) is 14.4 Å². The van der Waals surface area contributed by atoms with Gasteiger partial charge < -0.3 is 21.1 Å². The summed E-state index contributed by atoms with van der Waals surface area (Å²) in [6.45, 7) is 1.50. The van der Waals surface area contributed by atoms with Crippen LogP contribution in [0.2, 0.25) is 0 Å². The van der Waals surface area contributed by atoms with Crippen LogP contribution < -0.4 is 16.4 Å². The first-order valence-electron chi connectivity index (χ1n) is 5.49. The summed E-state index contributed by atoms with van der Waals surface area (Å²) in [6, 6.07) is 4.73. The van der Waals surface area contributed by atoms with Gasteiger partial charge >= 0.3 is 12.0 Å². The number of carbonyl (C=O) groups excluding carboxylic acids is 3. The topological polar surface area (TPSA) is 111 Å². The molecule has 0 saturated carbocycles. The van der Waals surface area contributed by atoms with E-state index in [0.717, 1.165) is 0 Å². The Morgan fingerprint density at radius 1 is 1.21 bits per heavy atom. The minimum absolute atomic E-state index is 0.342. The van der Waals surface area contributed by atoms with Crippen LogP contribution >= 0.6 is 0 Å². The summed E-state index contributed by atoms with van der Waals surface area (Å²) in [4.78, 5) is 33.5. The van der Waals surface area contributed by atoms with Crippen LogP contribution in [-0.2, 0) is 9.53 Å². The van der Waals surface area contributed by atoms with Crippen LogP contribution in [0, 0.1) is 0 Å². The van der Waals surface area contributed by atoms with Gasteiger partial charge in [-0.15, -0.1) is 0 Å². The van der Waals surface area contributed by atoms with Crippen molar-refractivity contribution in [1.82, 2.24) is 5.32 Å². The highest BCUT2D eigenvalue weighted by Gasteiger charge is 2.15. The molecule has 102 valence electrons. The summed E-state index contributed by atoms with van der Waals surface area (Å²) in [5.41, 5.74) is 5.90. The number of primary amides is 1. The number of hydrogen-bond donors (Lipinski definition) is 3. The Bertz CT molecular complexity index is 484. The molecule has 0 bridgehead atoms. The number of nitrogens with one attached hydrogen (secondary N) is 2. The Balaban J connectivity index is 2.57. The smallest absolute Gasteiger partial charge is 0.328 e. The van der Waals surface area contributed by atoms with E-state index in [-0.39, 0.29) is 0 Å². The van der Waals surface area contributed by atoms with Crippen molar-refractivity contribution in [3.8, 4) is 0 Å². The predicted octanol–water partition coefficient (Wildman–Crippen LogP) is 0.468. The first-order valence-corrected chi connectivity index (χ1v) is 5.49. The van der Waals surface area contributed by atoms with Crippen LogP contribution in [-0.4, -0.2) is 31.1 Å². The van der Waals surface area contributed by atoms with Crippen LogP contribution in [0.4, 0.5) is 10.5 Å². The van der Waals surface area contributed by atoms with Gasteiger partial charge in [0.25, 0.3) is 0 Å². The number of rotatable bonds is 4. The molecule has 7 nitrogen and oxygen atoms in total. The zero-order valence-corrected chi connectivity index (χ0v) is 10.6. The minimum Gasteiger partial charge on any atom is -0.467 e. The van der Waals surface area contributed by atoms with Gasteiger partial charge in [-0.1, -0.05) is 0 Å². The lowest BCUT2D eigenvalue weighted by molar-refractivity contribution is -0.142. The van der Waals surface area contributed by atoms with Crippen LogP contribution in [0.1, 0.15) is 17.3 Å². The van der Waals surface area contributed by atoms with E-state index in [1.54, 1.807) is 0 Å². The molecule has 1 atom stereocenters. The van der Waals surface area contributed by atoms with Crippen LogP contribution in [0.25, 0.3) is 0 Å². The molecular formula is C12H15N3O4. The maximum Gasteiger partial charge on any atom is 0.328 e. The molecule has 0 radical (unpaired) electrons. The van der Waals surface area contributed by atoms with Crippen molar-refractivity contribution in [3.63, 3.8) is 0 Å². The molecule has 0 aromatic heterocycles. The SMILES string of the molecule is COC(=O)C(C)NC(=O)Nc1ccc(C(N)=O)cc1. The van der Waals surface area contributed by atoms with E-state index in [2.05, 4.69) is 15.4 Å². The van der Waals surface area contributed by atoms with Crippen molar-refractivity contribution < 1.29 is 19.1 Å². The van der Waals surface area contributed by atoms with Crippen molar-refractivity contribution >= 4 is 23.6 Å². The van der Waals surface area contributed by atoms with Crippen molar-refractivity contribution in [2.75, 3.05) is 12.4 Å². The number of benzene rings is 1. The number of amides is 3. The van der Waals surface area contributed by atoms with Crippen molar-refractivity contribution in [1.29, 1.82) is 0 Å². The number of ether oxygens (including phenoxy) is 1. The average molecular weight is 265 g/mol. The average Bonchev–Trinajstić information content (AvgIpc) is 2.38. The molecule has 0 aliphatic carbocycles. The zero-order chi connectivity index (χ0) is 14.4. The molecule has 0 heterocycles. The molecule has 19 heavy (non-hydrogen) atoms. The number of esters is 1. The maximum absolute atomic E-state index is 11.5. The first-order chi connectivity index (χ1) is 8.93. The molecule has 1 aromatic rings. The third kappa shape index (κ3) is 4.30. The van der Waals surface area contributed by atoms with E-state index in [1.807, 2.05) is 0 Å². The summed E-state index contributed by atoms with van der Waals surface area (Å²) in [7, 11) is 1.24. The second-order valence-corrected chi connectivity index (χ2v) is 3.78. The molecular weight excluding hydrogens is 250 g/mol. The predicted molar refractivity (Wildman–Crippen MR) is 68.6 cm³/mol. The van der Waals surface area contributed by atoms with E-state index in [0.29, 0.717) is 11.3 Å². The number of nitrogens with two attached hydrogens (primary N) is 1. The minimum atomic E-state index is -0.755. The number of carbonyl (C=O) groups is 3. The van der Waals surface area contributed by atoms with Crippen LogP contribution in [0.5, 0.6) is 0 Å². The van der Waals surface area contributed by atoms with Crippen LogP contribution in [0.15, 0.2) is 24.3 Å². The Kier molecular flexibility index (Phi) is 4.87. The Morgan fingerprint density at radius 2 is 1.79 bits per heavy atom. The normalized spacial score (nSPS) is 11.3. The largest absolute Gasteiger partial charge is 0.467 e. The fourth-order valence-corrected chi connectivity index (χ4v) is 1.32. The highest BCUT2D eigenvalue weighted by Crippen LogP contribution is 2.08. The highest BCUT2D eigenvalue weighted by molar-refractivity contribution is 5.95. The fourth-order valence-electron chi connectivity index (χ4n) is 1.32. The lowest BCUT2D eigenvalue weighted by Crippen LogP contribution is -2.41. The lowest BCUT2D eigenvalue weighted by atomic mass is 10.2. The summed E-state index contributed by atoms with van der Waals surface area (Å²) < 4.78 is 4.47. The Hall–Kier alpha value is -2.57. The number of anilines is 1. The van der Waals surface area contributed by atoms with E-state index >= 15 is 0 Å². The quantitative estimate of drug-likeness (QED) is 0.687. The second kappa shape index (κ2) is 6.39. The fraction of sp³-hybridized carbons (Fsp3) is 0.250. The van der Waals surface area contributed by atoms with Gasteiger partial charge in [-0.05, 0) is 31.2 Å². The number of methoxy groups -OCH3 is 1. The molecule has 1 unspecified atom stereocenters. The molecule has 1 aromatic carbocycles. The van der Waals surface area contributed by atoms with Gasteiger partial charge in [-0.2, -0.15) is 0 Å². The van der Waals surface area contributed by atoms with Crippen molar-refractivity contribution in [2.24, 2.45) is 5.73 Å². The second-order valence-electron chi connectivity index (χ2n) is 3.78. The molecule has 4 N–H and O–H groups in total. The lowest BCUT2D eigenvalue weighted by Gasteiger charge is -2.12. The molecule has 0 aliphatic rings. The molecule has 7 heteroatoms. The Labute approximate surface area is 110 Å².